The van der Waals surface area contributed by atoms with Crippen LogP contribution in [0.5, 0.6) is 0 Å². The Kier molecular flexibility index (Phi) is 7.31. The van der Waals surface area contributed by atoms with E-state index in [1.807, 2.05) is 84.9 Å². The lowest BCUT2D eigenvalue weighted by Crippen LogP contribution is -2.15. The molecule has 0 unspecified atom stereocenters. The zero-order chi connectivity index (χ0) is 21.3. The van der Waals surface area contributed by atoms with Crippen molar-refractivity contribution in [3.63, 3.8) is 0 Å². The first-order valence-corrected chi connectivity index (χ1v) is 10.5. The fourth-order valence-electron chi connectivity index (χ4n) is 2.73. The van der Waals surface area contributed by atoms with E-state index in [1.165, 1.54) is 11.8 Å². The fourth-order valence-corrected chi connectivity index (χ4v) is 3.66. The van der Waals surface area contributed by atoms with Crippen LogP contribution in [0.15, 0.2) is 100 Å². The highest BCUT2D eigenvalue weighted by Gasteiger charge is 2.12. The molecule has 0 fully saturated rings. The molecular weight excluding hydrogens is 390 g/mol. The average Bonchev–Trinajstić information content (AvgIpc) is 2.76. The maximum atomic E-state index is 12.7. The molecule has 3 aromatic carbocycles. The van der Waals surface area contributed by atoms with Crippen LogP contribution in [-0.4, -0.2) is 5.91 Å². The first-order chi connectivity index (χ1) is 14.6. The van der Waals surface area contributed by atoms with Crippen LogP contribution in [0.1, 0.15) is 25.3 Å². The molecule has 0 aliphatic heterocycles. The monoisotopic (exact) mass is 413 g/mol. The standard InChI is InChI=1S/C25H23N3OS/c1-18(2)19-12-14-21(15-13-19)27-17-20(16-26)25(29)28-23-10-6-7-11-24(23)30-22-8-4-3-5-9-22/h3-15,17-18,27H,1-2H3,(H,28,29)/b20-17-. The van der Waals surface area contributed by atoms with Crippen LogP contribution >= 0.6 is 11.8 Å². The Morgan fingerprint density at radius 1 is 0.967 bits per heavy atom. The van der Waals surface area contributed by atoms with Crippen molar-refractivity contribution >= 4 is 29.0 Å². The van der Waals surface area contributed by atoms with E-state index in [4.69, 9.17) is 0 Å². The van der Waals surface area contributed by atoms with Crippen molar-refractivity contribution in [2.24, 2.45) is 0 Å². The van der Waals surface area contributed by atoms with Crippen molar-refractivity contribution in [3.8, 4) is 6.07 Å². The van der Waals surface area contributed by atoms with E-state index in [0.29, 0.717) is 11.6 Å². The highest BCUT2D eigenvalue weighted by molar-refractivity contribution is 7.99. The van der Waals surface area contributed by atoms with E-state index in [2.05, 4.69) is 24.5 Å². The second-order valence-corrected chi connectivity index (χ2v) is 8.07. The number of amides is 1. The van der Waals surface area contributed by atoms with Gasteiger partial charge < -0.3 is 10.6 Å². The van der Waals surface area contributed by atoms with E-state index in [1.54, 1.807) is 11.8 Å². The van der Waals surface area contributed by atoms with Crippen LogP contribution in [0, 0.1) is 11.3 Å². The molecule has 0 aromatic heterocycles. The van der Waals surface area contributed by atoms with Crippen molar-refractivity contribution < 1.29 is 4.79 Å². The Morgan fingerprint density at radius 2 is 1.63 bits per heavy atom. The van der Waals surface area contributed by atoms with Crippen molar-refractivity contribution in [3.05, 3.63) is 96.2 Å². The molecule has 1 amide bonds. The first kappa shape index (κ1) is 21.2. The topological polar surface area (TPSA) is 64.9 Å². The van der Waals surface area contributed by atoms with E-state index in [0.717, 1.165) is 15.5 Å². The average molecular weight is 414 g/mol. The lowest BCUT2D eigenvalue weighted by Gasteiger charge is -2.11. The molecule has 0 atom stereocenters. The summed E-state index contributed by atoms with van der Waals surface area (Å²) in [5.74, 6) is -0.00576. The zero-order valence-electron chi connectivity index (χ0n) is 16.9. The summed E-state index contributed by atoms with van der Waals surface area (Å²) in [6.45, 7) is 4.27. The van der Waals surface area contributed by atoms with Crippen LogP contribution < -0.4 is 10.6 Å². The molecule has 30 heavy (non-hydrogen) atoms. The van der Waals surface area contributed by atoms with Gasteiger partial charge in [-0.3, -0.25) is 4.79 Å². The Bertz CT molecular complexity index is 1070. The minimum absolute atomic E-state index is 0.00227. The summed E-state index contributed by atoms with van der Waals surface area (Å²) >= 11 is 1.56. The molecule has 0 aliphatic carbocycles. The van der Waals surface area contributed by atoms with E-state index < -0.39 is 5.91 Å². The van der Waals surface area contributed by atoms with Crippen molar-refractivity contribution in [2.45, 2.75) is 29.6 Å². The molecule has 2 N–H and O–H groups in total. The normalized spacial score (nSPS) is 11.1. The molecule has 150 valence electrons. The van der Waals surface area contributed by atoms with Crippen LogP contribution in [-0.2, 0) is 4.79 Å². The largest absolute Gasteiger partial charge is 0.360 e. The van der Waals surface area contributed by atoms with Gasteiger partial charge in [0.05, 0.1) is 5.69 Å². The van der Waals surface area contributed by atoms with Gasteiger partial charge in [0.1, 0.15) is 11.6 Å². The third-order valence-corrected chi connectivity index (χ3v) is 5.52. The minimum Gasteiger partial charge on any atom is -0.360 e. The van der Waals surface area contributed by atoms with Gasteiger partial charge in [-0.1, -0.05) is 68.1 Å². The van der Waals surface area contributed by atoms with Crippen LogP contribution in [0.2, 0.25) is 0 Å². The molecule has 0 heterocycles. The number of para-hydroxylation sites is 1. The van der Waals surface area contributed by atoms with Crippen molar-refractivity contribution in [2.75, 3.05) is 10.6 Å². The molecule has 0 spiro atoms. The number of anilines is 2. The number of carbonyl (C=O) groups excluding carboxylic acids is 1. The van der Waals surface area contributed by atoms with Crippen molar-refractivity contribution in [1.29, 1.82) is 5.26 Å². The third-order valence-electron chi connectivity index (χ3n) is 4.43. The summed E-state index contributed by atoms with van der Waals surface area (Å²) in [4.78, 5) is 14.6. The predicted octanol–water partition coefficient (Wildman–Crippen LogP) is 6.42. The number of rotatable bonds is 7. The molecular formula is C25H23N3OS. The summed E-state index contributed by atoms with van der Waals surface area (Å²) < 4.78 is 0. The highest BCUT2D eigenvalue weighted by Crippen LogP contribution is 2.33. The molecule has 3 aromatic rings. The molecule has 0 aliphatic rings. The number of benzene rings is 3. The van der Waals surface area contributed by atoms with Gasteiger partial charge in [0, 0.05) is 21.7 Å². The molecule has 0 radical (unpaired) electrons. The summed E-state index contributed by atoms with van der Waals surface area (Å²) in [7, 11) is 0. The summed E-state index contributed by atoms with van der Waals surface area (Å²) in [6.07, 6.45) is 1.44. The van der Waals surface area contributed by atoms with E-state index in [-0.39, 0.29) is 5.57 Å². The Labute approximate surface area is 181 Å². The fraction of sp³-hybridized carbons (Fsp3) is 0.120. The summed E-state index contributed by atoms with van der Waals surface area (Å²) in [5.41, 5.74) is 2.72. The maximum absolute atomic E-state index is 12.7. The first-order valence-electron chi connectivity index (χ1n) is 9.67. The molecule has 0 bridgehead atoms. The van der Waals surface area contributed by atoms with Crippen LogP contribution in [0.4, 0.5) is 11.4 Å². The Balaban J connectivity index is 1.71. The second kappa shape index (κ2) is 10.3. The van der Waals surface area contributed by atoms with Gasteiger partial charge in [0.2, 0.25) is 0 Å². The van der Waals surface area contributed by atoms with Gasteiger partial charge in [-0.05, 0) is 47.9 Å². The molecule has 0 saturated carbocycles. The van der Waals surface area contributed by atoms with Gasteiger partial charge in [-0.15, -0.1) is 0 Å². The van der Waals surface area contributed by atoms with Gasteiger partial charge >= 0.3 is 0 Å². The Hall–Kier alpha value is -3.49. The quantitative estimate of drug-likeness (QED) is 0.346. The second-order valence-electron chi connectivity index (χ2n) is 6.96. The SMILES string of the molecule is CC(C)c1ccc(N/C=C(/C#N)C(=O)Nc2ccccc2Sc2ccccc2)cc1. The smallest absolute Gasteiger partial charge is 0.267 e. The van der Waals surface area contributed by atoms with Crippen LogP contribution in [0.25, 0.3) is 0 Å². The van der Waals surface area contributed by atoms with Gasteiger partial charge in [0.15, 0.2) is 0 Å². The minimum atomic E-state index is -0.454. The lowest BCUT2D eigenvalue weighted by atomic mass is 10.0. The number of carbonyl (C=O) groups is 1. The van der Waals surface area contributed by atoms with Gasteiger partial charge in [0.25, 0.3) is 5.91 Å². The number of nitrogens with zero attached hydrogens (tertiary/aromatic N) is 1. The molecule has 5 heteroatoms. The van der Waals surface area contributed by atoms with Crippen molar-refractivity contribution in [1.82, 2.24) is 0 Å². The van der Waals surface area contributed by atoms with Gasteiger partial charge in [-0.25, -0.2) is 0 Å². The molecule has 4 nitrogen and oxygen atoms in total. The number of nitrogens with one attached hydrogen (secondary N) is 2. The zero-order valence-corrected chi connectivity index (χ0v) is 17.7. The summed E-state index contributed by atoms with van der Waals surface area (Å²) in [5, 5.41) is 15.3. The maximum Gasteiger partial charge on any atom is 0.267 e. The molecule has 3 rings (SSSR count). The Morgan fingerprint density at radius 3 is 2.30 bits per heavy atom. The predicted molar refractivity (Wildman–Crippen MR) is 123 cm³/mol. The van der Waals surface area contributed by atoms with E-state index >= 15 is 0 Å². The van der Waals surface area contributed by atoms with Crippen LogP contribution in [0.3, 0.4) is 0 Å². The lowest BCUT2D eigenvalue weighted by molar-refractivity contribution is -0.112. The third kappa shape index (κ3) is 5.76. The van der Waals surface area contributed by atoms with E-state index in [9.17, 15) is 10.1 Å². The number of hydrogen-bond acceptors (Lipinski definition) is 4. The highest BCUT2D eigenvalue weighted by atomic mass is 32.2. The molecule has 0 saturated heterocycles. The number of hydrogen-bond donors (Lipinski definition) is 2. The van der Waals surface area contributed by atoms with Gasteiger partial charge in [-0.2, -0.15) is 5.26 Å². The number of nitriles is 1. The summed E-state index contributed by atoms with van der Waals surface area (Å²) in [6, 6.07) is 27.4.